The van der Waals surface area contributed by atoms with Crippen molar-refractivity contribution in [1.29, 1.82) is 0 Å². The summed E-state index contributed by atoms with van der Waals surface area (Å²) in [6, 6.07) is 0. The van der Waals surface area contributed by atoms with Crippen LogP contribution < -0.4 is 11.1 Å². The monoisotopic (exact) mass is 241 g/mol. The van der Waals surface area contributed by atoms with Crippen molar-refractivity contribution in [3.63, 3.8) is 0 Å². The van der Waals surface area contributed by atoms with E-state index in [0.717, 1.165) is 4.88 Å². The van der Waals surface area contributed by atoms with Gasteiger partial charge in [-0.15, -0.1) is 11.3 Å². The van der Waals surface area contributed by atoms with Gasteiger partial charge in [-0.25, -0.2) is 4.98 Å². The van der Waals surface area contributed by atoms with E-state index in [-0.39, 0.29) is 11.7 Å². The van der Waals surface area contributed by atoms with Crippen molar-refractivity contribution in [2.75, 3.05) is 5.32 Å². The van der Waals surface area contributed by atoms with Crippen LogP contribution in [0.25, 0.3) is 0 Å². The maximum atomic E-state index is 11.6. The van der Waals surface area contributed by atoms with Crippen LogP contribution in [-0.4, -0.2) is 22.2 Å². The van der Waals surface area contributed by atoms with Crippen molar-refractivity contribution in [3.05, 3.63) is 10.6 Å². The van der Waals surface area contributed by atoms with Gasteiger partial charge in [0.1, 0.15) is 5.69 Å². The Bertz CT molecular complexity index is 432. The van der Waals surface area contributed by atoms with Crippen molar-refractivity contribution in [1.82, 2.24) is 4.98 Å². The Hall–Kier alpha value is -1.27. The van der Waals surface area contributed by atoms with Crippen LogP contribution in [0.1, 0.15) is 36.1 Å². The number of hydrogen-bond acceptors (Lipinski definition) is 5. The molecule has 0 saturated heterocycles. The number of aromatic nitrogens is 1. The molecular formula is C10H15N3O2S. The first-order valence-corrected chi connectivity index (χ1v) is 5.62. The molecule has 0 bridgehead atoms. The first-order chi connectivity index (χ1) is 7.21. The Kier molecular flexibility index (Phi) is 3.44. The van der Waals surface area contributed by atoms with E-state index in [2.05, 4.69) is 10.3 Å². The summed E-state index contributed by atoms with van der Waals surface area (Å²) in [5.41, 5.74) is 5.07. The van der Waals surface area contributed by atoms with Crippen LogP contribution in [0.2, 0.25) is 0 Å². The number of hydrogen-bond donors (Lipinski definition) is 2. The molecule has 16 heavy (non-hydrogen) atoms. The maximum absolute atomic E-state index is 11.6. The fraction of sp³-hybridized carbons (Fsp3) is 0.500. The fourth-order valence-electron chi connectivity index (χ4n) is 1.03. The van der Waals surface area contributed by atoms with E-state index in [1.165, 1.54) is 18.3 Å². The average molecular weight is 241 g/mol. The van der Waals surface area contributed by atoms with Gasteiger partial charge in [0.15, 0.2) is 10.9 Å². The van der Waals surface area contributed by atoms with Crippen LogP contribution in [0.3, 0.4) is 0 Å². The lowest BCUT2D eigenvalue weighted by molar-refractivity contribution is -0.120. The quantitative estimate of drug-likeness (QED) is 0.782. The minimum Gasteiger partial charge on any atom is -0.318 e. The number of nitrogens with one attached hydrogen (secondary N) is 1. The summed E-state index contributed by atoms with van der Waals surface area (Å²) in [6.07, 6.45) is 0. The molecule has 3 N–H and O–H groups in total. The number of Topliss-reactive ketones (excluding diaryl/α,β-unsaturated/α-hetero) is 1. The van der Waals surface area contributed by atoms with Gasteiger partial charge in [-0.05, 0) is 20.8 Å². The molecule has 88 valence electrons. The highest BCUT2D eigenvalue weighted by Gasteiger charge is 2.23. The second-order valence-corrected chi connectivity index (χ2v) is 5.36. The lowest BCUT2D eigenvalue weighted by Crippen LogP contribution is -2.45. The molecule has 1 aromatic rings. The van der Waals surface area contributed by atoms with Crippen LogP contribution >= 0.6 is 11.3 Å². The summed E-state index contributed by atoms with van der Waals surface area (Å²) in [4.78, 5) is 27.6. The molecule has 0 aromatic carbocycles. The van der Waals surface area contributed by atoms with Crippen molar-refractivity contribution in [2.45, 2.75) is 33.2 Å². The highest BCUT2D eigenvalue weighted by atomic mass is 32.1. The number of ketones is 1. The van der Waals surface area contributed by atoms with Gasteiger partial charge in [-0.3, -0.25) is 9.59 Å². The molecule has 6 heteroatoms. The first-order valence-electron chi connectivity index (χ1n) is 4.80. The van der Waals surface area contributed by atoms with E-state index in [1.54, 1.807) is 20.8 Å². The zero-order valence-electron chi connectivity index (χ0n) is 9.75. The number of aryl methyl sites for hydroxylation is 1. The van der Waals surface area contributed by atoms with E-state index in [4.69, 9.17) is 5.73 Å². The number of nitrogens with two attached hydrogens (primary N) is 1. The van der Waals surface area contributed by atoms with Crippen LogP contribution in [0.4, 0.5) is 5.13 Å². The zero-order chi connectivity index (χ0) is 12.5. The van der Waals surface area contributed by atoms with Gasteiger partial charge in [0.05, 0.1) is 5.54 Å². The van der Waals surface area contributed by atoms with Crippen LogP contribution in [0.5, 0.6) is 0 Å². The molecule has 0 saturated carbocycles. The van der Waals surface area contributed by atoms with Crippen LogP contribution in [-0.2, 0) is 4.79 Å². The number of carbonyl (C=O) groups excluding carboxylic acids is 2. The molecule has 0 aliphatic carbocycles. The van der Waals surface area contributed by atoms with Crippen molar-refractivity contribution in [2.24, 2.45) is 5.73 Å². The minimum atomic E-state index is -0.962. The minimum absolute atomic E-state index is 0.110. The number of thiazole rings is 1. The molecular weight excluding hydrogens is 226 g/mol. The smallest absolute Gasteiger partial charge is 0.245 e. The molecule has 5 nitrogen and oxygen atoms in total. The number of rotatable bonds is 3. The number of anilines is 1. The van der Waals surface area contributed by atoms with Gasteiger partial charge in [0.25, 0.3) is 0 Å². The molecule has 1 rings (SSSR count). The maximum Gasteiger partial charge on any atom is 0.245 e. The number of amides is 1. The van der Waals surface area contributed by atoms with Gasteiger partial charge >= 0.3 is 0 Å². The predicted molar refractivity (Wildman–Crippen MR) is 63.8 cm³/mol. The summed E-state index contributed by atoms with van der Waals surface area (Å²) in [5, 5.41) is 3.00. The average Bonchev–Trinajstić information content (AvgIpc) is 2.45. The molecule has 0 unspecified atom stereocenters. The lowest BCUT2D eigenvalue weighted by Gasteiger charge is -2.16. The summed E-state index contributed by atoms with van der Waals surface area (Å²) >= 11 is 1.27. The second kappa shape index (κ2) is 4.31. The van der Waals surface area contributed by atoms with Crippen LogP contribution in [0, 0.1) is 6.92 Å². The Morgan fingerprint density at radius 1 is 1.44 bits per heavy atom. The first kappa shape index (κ1) is 12.8. The lowest BCUT2D eigenvalue weighted by atomic mass is 10.1. The molecule has 0 aliphatic rings. The van der Waals surface area contributed by atoms with Gasteiger partial charge < -0.3 is 11.1 Å². The molecule has 0 aliphatic heterocycles. The van der Waals surface area contributed by atoms with E-state index < -0.39 is 5.54 Å². The van der Waals surface area contributed by atoms with E-state index in [9.17, 15) is 9.59 Å². The Morgan fingerprint density at radius 2 is 2.00 bits per heavy atom. The van der Waals surface area contributed by atoms with Gasteiger partial charge in [-0.1, -0.05) is 0 Å². The Morgan fingerprint density at radius 3 is 2.38 bits per heavy atom. The fourth-order valence-corrected chi connectivity index (χ4v) is 1.89. The molecule has 0 fully saturated rings. The van der Waals surface area contributed by atoms with E-state index in [0.29, 0.717) is 10.8 Å². The van der Waals surface area contributed by atoms with Crippen molar-refractivity contribution >= 4 is 28.2 Å². The molecule has 0 radical (unpaired) electrons. The van der Waals surface area contributed by atoms with E-state index >= 15 is 0 Å². The second-order valence-electron chi connectivity index (χ2n) is 4.16. The Balaban J connectivity index is 2.88. The van der Waals surface area contributed by atoms with E-state index in [1.807, 2.05) is 0 Å². The predicted octanol–water partition coefficient (Wildman–Crippen LogP) is 1.33. The standard InChI is InChI=1S/C10H15N3O2S/c1-5(14)7-6(2)16-9(12-7)13-8(15)10(3,4)11/h11H2,1-4H3,(H,12,13,15). The molecule has 0 spiro atoms. The summed E-state index contributed by atoms with van der Waals surface area (Å²) in [7, 11) is 0. The van der Waals surface area contributed by atoms with Gasteiger partial charge in [0, 0.05) is 11.8 Å². The number of nitrogens with zero attached hydrogens (tertiary/aromatic N) is 1. The molecule has 1 aromatic heterocycles. The van der Waals surface area contributed by atoms with Crippen LogP contribution in [0.15, 0.2) is 0 Å². The SMILES string of the molecule is CC(=O)c1nc(NC(=O)C(C)(C)N)sc1C. The molecule has 1 heterocycles. The van der Waals surface area contributed by atoms with Gasteiger partial charge in [0.2, 0.25) is 5.91 Å². The topological polar surface area (TPSA) is 85.1 Å². The summed E-state index contributed by atoms with van der Waals surface area (Å²) in [6.45, 7) is 6.45. The van der Waals surface area contributed by atoms with Crippen molar-refractivity contribution in [3.8, 4) is 0 Å². The Labute approximate surface area is 98.1 Å². The summed E-state index contributed by atoms with van der Waals surface area (Å²) in [5.74, 6) is -0.433. The van der Waals surface area contributed by atoms with Crippen molar-refractivity contribution < 1.29 is 9.59 Å². The summed E-state index contributed by atoms with van der Waals surface area (Å²) < 4.78 is 0. The number of carbonyl (C=O) groups is 2. The molecule has 1 amide bonds. The highest BCUT2D eigenvalue weighted by Crippen LogP contribution is 2.22. The normalized spacial score (nSPS) is 11.3. The zero-order valence-corrected chi connectivity index (χ0v) is 10.6. The third-order valence-corrected chi connectivity index (χ3v) is 2.82. The molecule has 0 atom stereocenters. The third-order valence-electron chi connectivity index (χ3n) is 1.94. The van der Waals surface area contributed by atoms with Gasteiger partial charge in [-0.2, -0.15) is 0 Å². The highest BCUT2D eigenvalue weighted by molar-refractivity contribution is 7.16. The third kappa shape index (κ3) is 2.86. The largest absolute Gasteiger partial charge is 0.318 e.